The quantitative estimate of drug-likeness (QED) is 0.558. The molecule has 2 aliphatic heterocycles. The van der Waals surface area contributed by atoms with Crippen molar-refractivity contribution in [1.29, 1.82) is 5.26 Å². The minimum Gasteiger partial charge on any atom is -0.470 e. The minimum absolute atomic E-state index is 0.0282. The van der Waals surface area contributed by atoms with Crippen molar-refractivity contribution in [3.63, 3.8) is 0 Å². The lowest BCUT2D eigenvalue weighted by molar-refractivity contribution is -0.162. The van der Waals surface area contributed by atoms with E-state index in [1.54, 1.807) is 0 Å². The fourth-order valence-electron chi connectivity index (χ4n) is 4.88. The largest absolute Gasteiger partial charge is 0.470 e. The average Bonchev–Trinajstić information content (AvgIpc) is 3.28. The molecule has 1 unspecified atom stereocenters. The van der Waals surface area contributed by atoms with E-state index in [0.29, 0.717) is 39.1 Å². The Kier molecular flexibility index (Phi) is 7.47. The fraction of sp³-hybridized carbons (Fsp3) is 0.773. The summed E-state index contributed by atoms with van der Waals surface area (Å²) in [7, 11) is -3.35. The number of nitrogens with zero attached hydrogens (tertiary/aromatic N) is 4. The van der Waals surface area contributed by atoms with Crippen molar-refractivity contribution in [2.75, 3.05) is 37.4 Å². The van der Waals surface area contributed by atoms with Gasteiger partial charge in [0.15, 0.2) is 0 Å². The van der Waals surface area contributed by atoms with Gasteiger partial charge in [0.25, 0.3) is 5.92 Å². The van der Waals surface area contributed by atoms with Crippen molar-refractivity contribution >= 4 is 16.0 Å². The Morgan fingerprint density at radius 3 is 2.71 bits per heavy atom. The van der Waals surface area contributed by atoms with Crippen molar-refractivity contribution in [1.82, 2.24) is 14.3 Å². The number of aromatic nitrogens is 2. The molecule has 0 spiro atoms. The number of piperidine rings is 1. The van der Waals surface area contributed by atoms with Gasteiger partial charge in [-0.05, 0) is 38.5 Å². The highest BCUT2D eigenvalue weighted by Gasteiger charge is 2.49. The summed E-state index contributed by atoms with van der Waals surface area (Å²) in [5.41, 5.74) is -1.75. The fourth-order valence-corrected chi connectivity index (χ4v) is 6.72. The van der Waals surface area contributed by atoms with Gasteiger partial charge in [-0.25, -0.2) is 26.5 Å². The first-order valence-corrected chi connectivity index (χ1v) is 13.4. The van der Waals surface area contributed by atoms with E-state index in [2.05, 4.69) is 15.3 Å². The summed E-state index contributed by atoms with van der Waals surface area (Å²) in [6, 6.07) is 1.83. The van der Waals surface area contributed by atoms with E-state index in [9.17, 15) is 27.6 Å². The highest BCUT2D eigenvalue weighted by Crippen LogP contribution is 2.41. The Bertz CT molecular complexity index is 1050. The number of rotatable bonds is 7. The van der Waals surface area contributed by atoms with Gasteiger partial charge in [-0.15, -0.1) is 0 Å². The molecule has 3 aliphatic rings. The van der Waals surface area contributed by atoms with Gasteiger partial charge in [-0.2, -0.15) is 10.2 Å². The molecule has 0 amide bonds. The van der Waals surface area contributed by atoms with E-state index in [4.69, 9.17) is 9.47 Å². The van der Waals surface area contributed by atoms with Crippen LogP contribution in [0.25, 0.3) is 0 Å². The van der Waals surface area contributed by atoms with E-state index >= 15 is 0 Å². The second kappa shape index (κ2) is 10.1. The van der Waals surface area contributed by atoms with Crippen LogP contribution in [0.3, 0.4) is 0 Å². The number of ether oxygens (including phenoxy) is 2. The number of anilines is 1. The number of hydrogen-bond donors (Lipinski definition) is 2. The molecule has 1 aliphatic carbocycles. The van der Waals surface area contributed by atoms with Crippen molar-refractivity contribution in [2.45, 2.75) is 69.1 Å². The minimum atomic E-state index is -3.35. The summed E-state index contributed by atoms with van der Waals surface area (Å²) in [6.07, 6.45) is 0.932. The van der Waals surface area contributed by atoms with Gasteiger partial charge in [0.2, 0.25) is 21.9 Å². The van der Waals surface area contributed by atoms with E-state index in [0.717, 1.165) is 6.42 Å². The molecule has 35 heavy (non-hydrogen) atoms. The summed E-state index contributed by atoms with van der Waals surface area (Å²) < 4.78 is 65.4. The number of aliphatic hydroxyl groups is 1. The average molecular weight is 516 g/mol. The Labute approximate surface area is 203 Å². The second-order valence-corrected chi connectivity index (χ2v) is 11.9. The topological polar surface area (TPSA) is 138 Å². The van der Waals surface area contributed by atoms with Crippen LogP contribution in [0.4, 0.5) is 14.7 Å². The Morgan fingerprint density at radius 2 is 2.09 bits per heavy atom. The Hall–Kier alpha value is -2.14. The highest BCUT2D eigenvalue weighted by molar-refractivity contribution is 7.89. The van der Waals surface area contributed by atoms with Crippen molar-refractivity contribution in [3.05, 3.63) is 11.8 Å². The van der Waals surface area contributed by atoms with Gasteiger partial charge in [0.05, 0.1) is 18.6 Å². The van der Waals surface area contributed by atoms with E-state index in [-0.39, 0.29) is 41.5 Å². The van der Waals surface area contributed by atoms with E-state index < -0.39 is 40.5 Å². The summed E-state index contributed by atoms with van der Waals surface area (Å²) in [4.78, 5) is 8.40. The first-order valence-electron chi connectivity index (χ1n) is 11.8. The molecule has 3 heterocycles. The van der Waals surface area contributed by atoms with Crippen LogP contribution in [-0.2, 0) is 14.8 Å². The monoisotopic (exact) mass is 515 g/mol. The number of sulfonamides is 1. The zero-order valence-corrected chi connectivity index (χ0v) is 20.4. The number of nitriles is 1. The lowest BCUT2D eigenvalue weighted by Gasteiger charge is -2.40. The maximum atomic E-state index is 13.7. The van der Waals surface area contributed by atoms with E-state index in [1.165, 1.54) is 17.4 Å². The number of hydrogen-bond acceptors (Lipinski definition) is 9. The summed E-state index contributed by atoms with van der Waals surface area (Å²) in [6.45, 7) is 3.11. The first-order chi connectivity index (χ1) is 16.5. The van der Waals surface area contributed by atoms with Gasteiger partial charge >= 0.3 is 0 Å². The maximum absolute atomic E-state index is 13.7. The van der Waals surface area contributed by atoms with E-state index in [1.807, 2.05) is 6.07 Å². The first kappa shape index (κ1) is 25.9. The molecule has 13 heteroatoms. The molecular weight excluding hydrogens is 484 g/mol. The third-order valence-corrected chi connectivity index (χ3v) is 8.91. The van der Waals surface area contributed by atoms with Crippen molar-refractivity contribution < 1.29 is 31.8 Å². The van der Waals surface area contributed by atoms with Crippen LogP contribution >= 0.6 is 0 Å². The maximum Gasteiger partial charge on any atom is 0.251 e. The summed E-state index contributed by atoms with van der Waals surface area (Å²) >= 11 is 0. The number of alkyl halides is 2. The third-order valence-electron chi connectivity index (χ3n) is 6.86. The number of nitrogens with one attached hydrogen (secondary N) is 1. The van der Waals surface area contributed by atoms with Gasteiger partial charge in [0.1, 0.15) is 23.3 Å². The molecule has 0 aromatic carbocycles. The van der Waals surface area contributed by atoms with Crippen LogP contribution in [0, 0.1) is 17.2 Å². The second-order valence-electron chi connectivity index (χ2n) is 9.89. The molecule has 0 bridgehead atoms. The lowest BCUT2D eigenvalue weighted by Crippen LogP contribution is -2.51. The molecule has 3 atom stereocenters. The molecule has 2 saturated heterocycles. The van der Waals surface area contributed by atoms with Crippen LogP contribution in [0.2, 0.25) is 0 Å². The molecular formula is C22H31F2N5O5S. The Morgan fingerprint density at radius 1 is 1.34 bits per heavy atom. The van der Waals surface area contributed by atoms with Crippen LogP contribution < -0.4 is 10.1 Å². The lowest BCUT2D eigenvalue weighted by atomic mass is 9.81. The van der Waals surface area contributed by atoms with Gasteiger partial charge < -0.3 is 19.9 Å². The molecule has 10 nitrogen and oxygen atoms in total. The van der Waals surface area contributed by atoms with Crippen molar-refractivity contribution in [2.24, 2.45) is 5.92 Å². The van der Waals surface area contributed by atoms with Crippen LogP contribution in [0.1, 0.15) is 51.0 Å². The normalized spacial score (nSPS) is 30.0. The Balaban J connectivity index is 1.36. The molecule has 194 valence electrons. The SMILES string of the molecule is C[C@]1(O)CC(F)(F)CC[C@H]1Oc1nc(NC2CCN(S(=O)(=O)CC3CCOC3)CC2)ncc1C#N. The molecule has 1 saturated carbocycles. The third kappa shape index (κ3) is 6.35. The van der Waals surface area contributed by atoms with Crippen LogP contribution in [0.5, 0.6) is 5.88 Å². The molecule has 3 fully saturated rings. The summed E-state index contributed by atoms with van der Waals surface area (Å²) in [5.74, 6) is -2.74. The summed E-state index contributed by atoms with van der Waals surface area (Å²) in [5, 5.41) is 23.0. The standard InChI is InChI=1S/C22H31F2N5O5S/c1-21(30)14-22(23,24)6-2-18(21)34-19-16(10-25)11-26-20(28-19)27-17-3-7-29(8-4-17)35(31,32)13-15-5-9-33-12-15/h11,15,17-18,30H,2-9,12-14H2,1H3,(H,26,27,28)/t15?,18-,21+/m1/s1. The highest BCUT2D eigenvalue weighted by atomic mass is 32.2. The molecule has 4 rings (SSSR count). The van der Waals surface area contributed by atoms with Gasteiger partial charge in [0, 0.05) is 38.6 Å². The van der Waals surface area contributed by atoms with Crippen LogP contribution in [-0.4, -0.2) is 83.5 Å². The predicted octanol–water partition coefficient (Wildman–Crippen LogP) is 1.91. The molecule has 2 N–H and O–H groups in total. The number of halogens is 2. The molecule has 1 aromatic rings. The molecule has 1 aromatic heterocycles. The van der Waals surface area contributed by atoms with Gasteiger partial charge in [-0.1, -0.05) is 0 Å². The van der Waals surface area contributed by atoms with Gasteiger partial charge in [-0.3, -0.25) is 0 Å². The zero-order valence-electron chi connectivity index (χ0n) is 19.6. The predicted molar refractivity (Wildman–Crippen MR) is 122 cm³/mol. The zero-order chi connectivity index (χ0) is 25.3. The molecule has 0 radical (unpaired) electrons. The smallest absolute Gasteiger partial charge is 0.251 e. The van der Waals surface area contributed by atoms with Crippen LogP contribution in [0.15, 0.2) is 6.20 Å². The van der Waals surface area contributed by atoms with Crippen molar-refractivity contribution in [3.8, 4) is 11.9 Å².